The number of imide groups is 1. The summed E-state index contributed by atoms with van der Waals surface area (Å²) in [5.41, 5.74) is 6.54. The molecule has 0 saturated carbocycles. The largest absolute Gasteiger partial charge is 0.387 e. The number of nitrogens with two attached hydrogens (primary N) is 1. The lowest BCUT2D eigenvalue weighted by molar-refractivity contribution is 0.0880. The molecule has 0 aliphatic carbocycles. The fourth-order valence-electron chi connectivity index (χ4n) is 2.53. The zero-order valence-corrected chi connectivity index (χ0v) is 12.0. The van der Waals surface area contributed by atoms with Crippen molar-refractivity contribution in [2.24, 2.45) is 0 Å². The van der Waals surface area contributed by atoms with Gasteiger partial charge in [-0.1, -0.05) is 0 Å². The lowest BCUT2D eigenvalue weighted by Crippen LogP contribution is -2.24. The summed E-state index contributed by atoms with van der Waals surface area (Å²) in [7, 11) is 1.67. The molecule has 1 aliphatic rings. The molecular weight excluding hydrogens is 298 g/mol. The van der Waals surface area contributed by atoms with Gasteiger partial charge in [-0.05, 0) is 18.2 Å². The summed E-state index contributed by atoms with van der Waals surface area (Å²) >= 11 is 0. The van der Waals surface area contributed by atoms with Gasteiger partial charge in [-0.3, -0.25) is 24.3 Å². The Labute approximate surface area is 130 Å². The molecule has 8 heteroatoms. The normalized spacial score (nSPS) is 12.5. The highest BCUT2D eigenvalue weighted by Crippen LogP contribution is 2.24. The fraction of sp³-hybridized carbons (Fsp3) is 0.0667. The molecule has 1 aliphatic heterocycles. The topological polar surface area (TPSA) is 130 Å². The van der Waals surface area contributed by atoms with Gasteiger partial charge in [0.15, 0.2) is 0 Å². The third-order valence-electron chi connectivity index (χ3n) is 3.60. The molecule has 0 atom stereocenters. The van der Waals surface area contributed by atoms with Crippen molar-refractivity contribution in [3.05, 3.63) is 51.3 Å². The smallest absolute Gasteiger partial charge is 0.262 e. The average Bonchev–Trinajstić information content (AvgIpc) is 2.81. The number of carbonyl (C=O) groups excluding carboxylic acids is 2. The molecule has 0 unspecified atom stereocenters. The number of nitrogens with one attached hydrogen (secondary N) is 2. The number of amides is 2. The highest BCUT2D eigenvalue weighted by atomic mass is 16.2. The maximum atomic E-state index is 12.3. The van der Waals surface area contributed by atoms with E-state index < -0.39 is 17.4 Å². The van der Waals surface area contributed by atoms with Crippen LogP contribution in [0.3, 0.4) is 0 Å². The molecular formula is C15H11N5O3. The molecule has 2 aromatic rings. The van der Waals surface area contributed by atoms with Crippen molar-refractivity contribution in [3.63, 3.8) is 0 Å². The Morgan fingerprint density at radius 2 is 1.96 bits per heavy atom. The summed E-state index contributed by atoms with van der Waals surface area (Å²) in [5.74, 6) is -1.44. The van der Waals surface area contributed by atoms with Crippen LogP contribution in [0, 0.1) is 11.3 Å². The van der Waals surface area contributed by atoms with Gasteiger partial charge in [0.05, 0.1) is 28.1 Å². The second kappa shape index (κ2) is 4.99. The Kier molecular flexibility index (Phi) is 3.11. The standard InChI is InChI=1S/C15H11N5O3/c1-18-10-3-2-8(4-7(10)6-16)20-11(21)5-9-12(13(20)17)15(23)19-14(9)22/h2-5,18H,17H2,1H3,(H,19,22,23). The minimum Gasteiger partial charge on any atom is -0.387 e. The summed E-state index contributed by atoms with van der Waals surface area (Å²) in [4.78, 5) is 35.8. The number of hydrogen-bond donors (Lipinski definition) is 3. The zero-order valence-electron chi connectivity index (χ0n) is 12.0. The average molecular weight is 309 g/mol. The Morgan fingerprint density at radius 1 is 1.22 bits per heavy atom. The molecule has 2 amide bonds. The van der Waals surface area contributed by atoms with Crippen LogP contribution in [0.5, 0.6) is 0 Å². The SMILES string of the molecule is CNc1ccc(-n2c(N)c3c(cc2=O)C(=O)NC3=O)cc1C#N. The minimum atomic E-state index is -0.649. The predicted octanol–water partition coefficient (Wildman–Crippen LogP) is 0.217. The molecule has 0 fully saturated rings. The molecule has 114 valence electrons. The van der Waals surface area contributed by atoms with Gasteiger partial charge in [-0.15, -0.1) is 0 Å². The van der Waals surface area contributed by atoms with E-state index in [1.165, 1.54) is 6.07 Å². The number of nitrogen functional groups attached to an aromatic ring is 1. The summed E-state index contributed by atoms with van der Waals surface area (Å²) in [6.45, 7) is 0. The van der Waals surface area contributed by atoms with Crippen LogP contribution in [0.15, 0.2) is 29.1 Å². The van der Waals surface area contributed by atoms with E-state index in [4.69, 9.17) is 5.73 Å². The number of rotatable bonds is 2. The Morgan fingerprint density at radius 3 is 2.61 bits per heavy atom. The van der Waals surface area contributed by atoms with Gasteiger partial charge >= 0.3 is 0 Å². The summed E-state index contributed by atoms with van der Waals surface area (Å²) < 4.78 is 1.09. The lowest BCUT2D eigenvalue weighted by Gasteiger charge is -2.13. The zero-order chi connectivity index (χ0) is 16.7. The molecule has 1 aromatic carbocycles. The van der Waals surface area contributed by atoms with E-state index in [0.717, 1.165) is 10.6 Å². The lowest BCUT2D eigenvalue weighted by atomic mass is 10.1. The predicted molar refractivity (Wildman–Crippen MR) is 82.5 cm³/mol. The quantitative estimate of drug-likeness (QED) is 0.680. The van der Waals surface area contributed by atoms with Crippen LogP contribution in [0.4, 0.5) is 11.5 Å². The number of fused-ring (bicyclic) bond motifs is 1. The van der Waals surface area contributed by atoms with E-state index in [9.17, 15) is 19.6 Å². The van der Waals surface area contributed by atoms with Crippen molar-refractivity contribution in [3.8, 4) is 11.8 Å². The van der Waals surface area contributed by atoms with Gasteiger partial charge in [-0.2, -0.15) is 5.26 Å². The molecule has 0 radical (unpaired) electrons. The fourth-order valence-corrected chi connectivity index (χ4v) is 2.53. The van der Waals surface area contributed by atoms with E-state index in [1.54, 1.807) is 19.2 Å². The van der Waals surface area contributed by atoms with Crippen molar-refractivity contribution < 1.29 is 9.59 Å². The van der Waals surface area contributed by atoms with E-state index in [0.29, 0.717) is 16.9 Å². The molecule has 8 nitrogen and oxygen atoms in total. The number of hydrogen-bond acceptors (Lipinski definition) is 6. The maximum absolute atomic E-state index is 12.3. The van der Waals surface area contributed by atoms with Crippen LogP contribution < -0.4 is 21.9 Å². The summed E-state index contributed by atoms with van der Waals surface area (Å²) in [5, 5.41) is 14.1. The van der Waals surface area contributed by atoms with Crippen molar-refractivity contribution in [1.29, 1.82) is 5.26 Å². The molecule has 1 aromatic heterocycles. The van der Waals surface area contributed by atoms with Crippen LogP contribution in [0.2, 0.25) is 0 Å². The summed E-state index contributed by atoms with van der Waals surface area (Å²) in [6.07, 6.45) is 0. The van der Waals surface area contributed by atoms with Crippen molar-refractivity contribution >= 4 is 23.3 Å². The van der Waals surface area contributed by atoms with E-state index in [-0.39, 0.29) is 16.9 Å². The monoisotopic (exact) mass is 309 g/mol. The molecule has 3 rings (SSSR count). The Hall–Kier alpha value is -3.60. The first kappa shape index (κ1) is 14.3. The van der Waals surface area contributed by atoms with E-state index in [2.05, 4.69) is 10.6 Å². The molecule has 23 heavy (non-hydrogen) atoms. The minimum absolute atomic E-state index is 0.0363. The third kappa shape index (κ3) is 2.03. The van der Waals surface area contributed by atoms with Crippen molar-refractivity contribution in [2.75, 3.05) is 18.1 Å². The van der Waals surface area contributed by atoms with Crippen molar-refractivity contribution in [2.45, 2.75) is 0 Å². The number of carbonyl (C=O) groups is 2. The van der Waals surface area contributed by atoms with Gasteiger partial charge in [0.2, 0.25) is 0 Å². The van der Waals surface area contributed by atoms with Crippen LogP contribution in [0.1, 0.15) is 26.3 Å². The van der Waals surface area contributed by atoms with E-state index in [1.807, 2.05) is 6.07 Å². The van der Waals surface area contributed by atoms with Crippen molar-refractivity contribution in [1.82, 2.24) is 9.88 Å². The molecule has 0 spiro atoms. The van der Waals surface area contributed by atoms with Gasteiger partial charge < -0.3 is 11.1 Å². The van der Waals surface area contributed by atoms with Crippen LogP contribution >= 0.6 is 0 Å². The first-order valence-electron chi connectivity index (χ1n) is 6.61. The second-order valence-corrected chi connectivity index (χ2v) is 4.87. The Bertz CT molecular complexity index is 968. The number of nitrogens with zero attached hydrogens (tertiary/aromatic N) is 2. The number of nitriles is 1. The van der Waals surface area contributed by atoms with Gasteiger partial charge in [-0.25, -0.2) is 0 Å². The maximum Gasteiger partial charge on any atom is 0.262 e. The molecule has 0 saturated heterocycles. The van der Waals surface area contributed by atoms with Gasteiger partial charge in [0, 0.05) is 13.1 Å². The number of aromatic nitrogens is 1. The number of anilines is 2. The first-order chi connectivity index (χ1) is 11.0. The number of benzene rings is 1. The van der Waals surface area contributed by atoms with Crippen LogP contribution in [0.25, 0.3) is 5.69 Å². The first-order valence-corrected chi connectivity index (χ1v) is 6.61. The Balaban J connectivity index is 2.29. The van der Waals surface area contributed by atoms with Gasteiger partial charge in [0.1, 0.15) is 11.9 Å². The third-order valence-corrected chi connectivity index (χ3v) is 3.60. The molecule has 2 heterocycles. The molecule has 0 bridgehead atoms. The van der Waals surface area contributed by atoms with Gasteiger partial charge in [0.25, 0.3) is 17.4 Å². The van der Waals surface area contributed by atoms with Crippen LogP contribution in [-0.4, -0.2) is 23.4 Å². The number of pyridine rings is 1. The highest BCUT2D eigenvalue weighted by molar-refractivity contribution is 6.23. The van der Waals surface area contributed by atoms with E-state index >= 15 is 0 Å². The second-order valence-electron chi connectivity index (χ2n) is 4.87. The molecule has 4 N–H and O–H groups in total. The summed E-state index contributed by atoms with van der Waals surface area (Å²) in [6, 6.07) is 7.76. The highest BCUT2D eigenvalue weighted by Gasteiger charge is 2.31. The van der Waals surface area contributed by atoms with Crippen LogP contribution in [-0.2, 0) is 0 Å².